The topological polar surface area (TPSA) is 90.6 Å². The van der Waals surface area contributed by atoms with Crippen LogP contribution in [-0.2, 0) is 9.53 Å². The van der Waals surface area contributed by atoms with Crippen molar-refractivity contribution in [2.75, 3.05) is 24.8 Å². The van der Waals surface area contributed by atoms with Crippen LogP contribution in [0.1, 0.15) is 9.67 Å². The van der Waals surface area contributed by atoms with Gasteiger partial charge in [-0.15, -0.1) is 11.3 Å². The lowest BCUT2D eigenvalue weighted by Crippen LogP contribution is -2.20. The lowest BCUT2D eigenvalue weighted by molar-refractivity contribution is -0.119. The number of amides is 1. The highest BCUT2D eigenvalue weighted by atomic mass is 32.1. The molecule has 0 spiro atoms. The molecular weight excluding hydrogens is 292 g/mol. The first kappa shape index (κ1) is 14.9. The van der Waals surface area contributed by atoms with E-state index in [1.165, 1.54) is 18.4 Å². The number of nitrogens with one attached hydrogen (secondary N) is 1. The summed E-state index contributed by atoms with van der Waals surface area (Å²) >= 11 is 1.17. The van der Waals surface area contributed by atoms with Crippen molar-refractivity contribution < 1.29 is 19.1 Å². The lowest BCUT2D eigenvalue weighted by atomic mass is 10.3. The molecule has 6 nitrogen and oxygen atoms in total. The van der Waals surface area contributed by atoms with Gasteiger partial charge in [-0.3, -0.25) is 4.79 Å². The van der Waals surface area contributed by atoms with E-state index in [0.29, 0.717) is 22.0 Å². The Hall–Kier alpha value is -2.54. The summed E-state index contributed by atoms with van der Waals surface area (Å²) in [4.78, 5) is 23.7. The Morgan fingerprint density at radius 2 is 2.14 bits per heavy atom. The van der Waals surface area contributed by atoms with Crippen LogP contribution in [0, 0.1) is 0 Å². The van der Waals surface area contributed by atoms with Crippen LogP contribution in [0.2, 0.25) is 0 Å². The number of hydrogen-bond donors (Lipinski definition) is 2. The molecule has 0 radical (unpaired) electrons. The molecule has 3 N–H and O–H groups in total. The smallest absolute Gasteiger partial charge is 0.350 e. The Bertz CT molecular complexity index is 654. The molecule has 1 heterocycles. The molecule has 0 atom stereocenters. The molecule has 1 amide bonds. The van der Waals surface area contributed by atoms with E-state index in [9.17, 15) is 9.59 Å². The minimum atomic E-state index is -0.608. The predicted molar refractivity (Wildman–Crippen MR) is 80.6 cm³/mol. The fourth-order valence-electron chi connectivity index (χ4n) is 1.58. The van der Waals surface area contributed by atoms with Crippen LogP contribution >= 0.6 is 11.3 Å². The Morgan fingerprint density at radius 3 is 2.81 bits per heavy atom. The fraction of sp³-hybridized carbons (Fsp3) is 0.143. The molecule has 0 saturated heterocycles. The van der Waals surface area contributed by atoms with Gasteiger partial charge in [0.05, 0.1) is 12.8 Å². The third kappa shape index (κ3) is 3.96. The van der Waals surface area contributed by atoms with Crippen LogP contribution in [0.5, 0.6) is 5.75 Å². The third-order valence-corrected chi connectivity index (χ3v) is 3.48. The zero-order chi connectivity index (χ0) is 15.2. The molecule has 0 saturated carbocycles. The Balaban J connectivity index is 1.87. The van der Waals surface area contributed by atoms with E-state index >= 15 is 0 Å². The number of ether oxygens (including phenoxy) is 2. The van der Waals surface area contributed by atoms with Crippen LogP contribution in [-0.4, -0.2) is 25.6 Å². The Kier molecular flexibility index (Phi) is 4.78. The van der Waals surface area contributed by atoms with Crippen LogP contribution in [0.15, 0.2) is 35.7 Å². The molecule has 110 valence electrons. The van der Waals surface area contributed by atoms with Crippen molar-refractivity contribution in [1.29, 1.82) is 0 Å². The van der Waals surface area contributed by atoms with Crippen molar-refractivity contribution in [3.05, 3.63) is 40.6 Å². The zero-order valence-corrected chi connectivity index (χ0v) is 12.1. The molecule has 0 aliphatic carbocycles. The number of carbonyl (C=O) groups is 2. The summed E-state index contributed by atoms with van der Waals surface area (Å²) in [5.74, 6) is -0.425. The first-order chi connectivity index (χ1) is 10.1. The van der Waals surface area contributed by atoms with Crippen LogP contribution in [0.25, 0.3) is 0 Å². The van der Waals surface area contributed by atoms with E-state index in [0.717, 1.165) is 0 Å². The number of nitrogen functional groups attached to an aromatic ring is 1. The van der Waals surface area contributed by atoms with Crippen molar-refractivity contribution in [2.45, 2.75) is 0 Å². The maximum atomic E-state index is 11.7. The average molecular weight is 306 g/mol. The summed E-state index contributed by atoms with van der Waals surface area (Å²) in [6.07, 6.45) is 0. The summed E-state index contributed by atoms with van der Waals surface area (Å²) in [5.41, 5.74) is 6.51. The molecule has 0 aliphatic rings. The molecule has 0 aliphatic heterocycles. The van der Waals surface area contributed by atoms with E-state index in [1.807, 2.05) is 0 Å². The molecule has 0 fully saturated rings. The Labute approximate surface area is 125 Å². The number of anilines is 2. The number of rotatable bonds is 5. The standard InChI is InChI=1S/C14H14N2O4S/c1-19-10-4-2-3-9(7-10)16-12(17)8-20-14(18)13-11(15)5-6-21-13/h2-7H,8,15H2,1H3,(H,16,17). The zero-order valence-electron chi connectivity index (χ0n) is 11.3. The second-order valence-corrected chi connectivity index (χ2v) is 4.98. The van der Waals surface area contributed by atoms with E-state index in [-0.39, 0.29) is 6.61 Å². The summed E-state index contributed by atoms with van der Waals surface area (Å²) in [7, 11) is 1.54. The van der Waals surface area contributed by atoms with Crippen LogP contribution in [0.4, 0.5) is 11.4 Å². The number of thiophene rings is 1. The van der Waals surface area contributed by atoms with E-state index in [4.69, 9.17) is 15.2 Å². The molecule has 2 rings (SSSR count). The van der Waals surface area contributed by atoms with Gasteiger partial charge in [-0.05, 0) is 23.6 Å². The number of esters is 1. The monoisotopic (exact) mass is 306 g/mol. The third-order valence-electron chi connectivity index (χ3n) is 2.57. The highest BCUT2D eigenvalue weighted by Gasteiger charge is 2.14. The molecule has 21 heavy (non-hydrogen) atoms. The SMILES string of the molecule is COc1cccc(NC(=O)COC(=O)c2sccc2N)c1. The first-order valence-corrected chi connectivity index (χ1v) is 6.92. The molecule has 0 unspecified atom stereocenters. The quantitative estimate of drug-likeness (QED) is 0.826. The van der Waals surface area contributed by atoms with E-state index in [2.05, 4.69) is 5.32 Å². The van der Waals surface area contributed by atoms with Crippen molar-refractivity contribution in [3.63, 3.8) is 0 Å². The summed E-state index contributed by atoms with van der Waals surface area (Å²) in [5, 5.41) is 4.29. The number of carbonyl (C=O) groups excluding carboxylic acids is 2. The van der Waals surface area contributed by atoms with Gasteiger partial charge < -0.3 is 20.5 Å². The highest BCUT2D eigenvalue weighted by Crippen LogP contribution is 2.20. The number of benzene rings is 1. The second kappa shape index (κ2) is 6.76. The number of hydrogen-bond acceptors (Lipinski definition) is 6. The average Bonchev–Trinajstić information content (AvgIpc) is 2.91. The summed E-state index contributed by atoms with van der Waals surface area (Å²) < 4.78 is 9.95. The van der Waals surface area contributed by atoms with Crippen LogP contribution in [0.3, 0.4) is 0 Å². The maximum absolute atomic E-state index is 11.7. The summed E-state index contributed by atoms with van der Waals surface area (Å²) in [6, 6.07) is 8.48. The Morgan fingerprint density at radius 1 is 1.33 bits per heavy atom. The fourth-order valence-corrected chi connectivity index (χ4v) is 2.29. The predicted octanol–water partition coefficient (Wildman–Crippen LogP) is 2.13. The molecule has 0 bridgehead atoms. The van der Waals surface area contributed by atoms with Crippen molar-refractivity contribution in [2.24, 2.45) is 0 Å². The first-order valence-electron chi connectivity index (χ1n) is 6.04. The van der Waals surface area contributed by atoms with Gasteiger partial charge in [0.15, 0.2) is 6.61 Å². The molecule has 1 aromatic carbocycles. The molecule has 1 aromatic heterocycles. The normalized spacial score (nSPS) is 9.95. The van der Waals surface area contributed by atoms with Crippen molar-refractivity contribution in [1.82, 2.24) is 0 Å². The van der Waals surface area contributed by atoms with Gasteiger partial charge in [-0.1, -0.05) is 6.07 Å². The van der Waals surface area contributed by atoms with Crippen molar-refractivity contribution in [3.8, 4) is 5.75 Å². The number of nitrogens with two attached hydrogens (primary N) is 1. The van der Waals surface area contributed by atoms with Gasteiger partial charge in [0, 0.05) is 11.8 Å². The molecular formula is C14H14N2O4S. The van der Waals surface area contributed by atoms with E-state index < -0.39 is 11.9 Å². The number of methoxy groups -OCH3 is 1. The molecule has 7 heteroatoms. The largest absolute Gasteiger partial charge is 0.497 e. The lowest BCUT2D eigenvalue weighted by Gasteiger charge is -2.07. The second-order valence-electron chi connectivity index (χ2n) is 4.06. The minimum Gasteiger partial charge on any atom is -0.497 e. The molecule has 2 aromatic rings. The van der Waals surface area contributed by atoms with Gasteiger partial charge in [-0.25, -0.2) is 4.79 Å². The van der Waals surface area contributed by atoms with Gasteiger partial charge in [0.25, 0.3) is 5.91 Å². The van der Waals surface area contributed by atoms with Crippen molar-refractivity contribution >= 4 is 34.6 Å². The van der Waals surface area contributed by atoms with Gasteiger partial charge in [0.2, 0.25) is 0 Å². The summed E-state index contributed by atoms with van der Waals surface area (Å²) in [6.45, 7) is -0.382. The minimum absolute atomic E-state index is 0.296. The highest BCUT2D eigenvalue weighted by molar-refractivity contribution is 7.12. The van der Waals surface area contributed by atoms with Crippen LogP contribution < -0.4 is 15.8 Å². The van der Waals surface area contributed by atoms with Gasteiger partial charge in [-0.2, -0.15) is 0 Å². The van der Waals surface area contributed by atoms with Gasteiger partial charge >= 0.3 is 5.97 Å². The maximum Gasteiger partial charge on any atom is 0.350 e. The van der Waals surface area contributed by atoms with Gasteiger partial charge in [0.1, 0.15) is 10.6 Å². The van der Waals surface area contributed by atoms with E-state index in [1.54, 1.807) is 35.7 Å².